The number of nitrogens with zero attached hydrogens (tertiary/aromatic N) is 2. The maximum atomic E-state index is 12.7. The number of halogens is 1. The molecular formula is C20H25ClN4O3. The molecule has 7 nitrogen and oxygen atoms in total. The highest BCUT2D eigenvalue weighted by atomic mass is 35.5. The molecule has 28 heavy (non-hydrogen) atoms. The molecule has 3 N–H and O–H groups in total. The summed E-state index contributed by atoms with van der Waals surface area (Å²) in [5, 5.41) is 13.4. The Bertz CT molecular complexity index is 880. The lowest BCUT2D eigenvalue weighted by Crippen LogP contribution is -2.41. The third-order valence-corrected chi connectivity index (χ3v) is 5.48. The number of aliphatic hydroxyl groups is 1. The number of aromatic nitrogens is 2. The predicted octanol–water partition coefficient (Wildman–Crippen LogP) is 3.21. The van der Waals surface area contributed by atoms with Gasteiger partial charge in [0.25, 0.3) is 5.91 Å². The number of carbonyl (C=O) groups excluding carboxylic acids is 1. The highest BCUT2D eigenvalue weighted by Gasteiger charge is 2.24. The number of H-pyrrole nitrogens is 1. The van der Waals surface area contributed by atoms with Crippen molar-refractivity contribution in [3.63, 3.8) is 0 Å². The number of rotatable bonds is 6. The number of anilines is 2. The van der Waals surface area contributed by atoms with Crippen LogP contribution in [0.2, 0.25) is 5.02 Å². The summed E-state index contributed by atoms with van der Waals surface area (Å²) in [6.07, 6.45) is 5.69. The lowest BCUT2D eigenvalue weighted by atomic mass is 9.88. The number of aliphatic hydroxyl groups excluding tert-OH is 1. The average molecular weight is 405 g/mol. The molecule has 1 aliphatic rings. The lowest BCUT2D eigenvalue weighted by molar-refractivity contribution is 0.0463. The van der Waals surface area contributed by atoms with Gasteiger partial charge < -0.3 is 15.3 Å². The van der Waals surface area contributed by atoms with Gasteiger partial charge >= 0.3 is 5.69 Å². The van der Waals surface area contributed by atoms with Gasteiger partial charge in [-0.25, -0.2) is 9.78 Å². The van der Waals surface area contributed by atoms with Crippen LogP contribution in [0.5, 0.6) is 0 Å². The van der Waals surface area contributed by atoms with Crippen molar-refractivity contribution in [2.45, 2.75) is 45.3 Å². The van der Waals surface area contributed by atoms with Crippen molar-refractivity contribution < 1.29 is 9.90 Å². The highest BCUT2D eigenvalue weighted by Crippen LogP contribution is 2.29. The van der Waals surface area contributed by atoms with Crippen molar-refractivity contribution in [3.8, 4) is 0 Å². The van der Waals surface area contributed by atoms with E-state index in [1.54, 1.807) is 24.3 Å². The van der Waals surface area contributed by atoms with Crippen LogP contribution in [0, 0.1) is 5.92 Å². The van der Waals surface area contributed by atoms with Crippen LogP contribution in [-0.4, -0.2) is 33.8 Å². The molecule has 1 aromatic heterocycles. The first kappa shape index (κ1) is 20.4. The molecule has 3 rings (SSSR count). The number of carbonyl (C=O) groups is 1. The van der Waals surface area contributed by atoms with Crippen LogP contribution in [0.15, 0.2) is 35.3 Å². The lowest BCUT2D eigenvalue weighted by Gasteiger charge is -2.27. The van der Waals surface area contributed by atoms with E-state index in [0.29, 0.717) is 23.1 Å². The van der Waals surface area contributed by atoms with Crippen LogP contribution in [0.3, 0.4) is 0 Å². The average Bonchev–Trinajstić information content (AvgIpc) is 2.70. The standard InChI is InChI=1S/C20H25ClN4O3/c1-2-25(17-10-11-22-20(28)23-17)14-8-9-16(21)15(12-14)19(27)24-18(26)13-6-4-3-5-7-13/h8-13,18,26H,2-7H2,1H3,(H,24,27)(H,22,23,28). The fraction of sp³-hybridized carbons (Fsp3) is 0.450. The molecule has 0 saturated heterocycles. The monoisotopic (exact) mass is 404 g/mol. The Morgan fingerprint density at radius 2 is 2.11 bits per heavy atom. The second kappa shape index (κ2) is 9.21. The van der Waals surface area contributed by atoms with E-state index >= 15 is 0 Å². The molecule has 0 radical (unpaired) electrons. The number of benzene rings is 1. The summed E-state index contributed by atoms with van der Waals surface area (Å²) < 4.78 is 0. The van der Waals surface area contributed by atoms with Crippen molar-refractivity contribution in [3.05, 3.63) is 51.5 Å². The molecule has 1 atom stereocenters. The van der Waals surface area contributed by atoms with Crippen LogP contribution in [0.25, 0.3) is 0 Å². The third-order valence-electron chi connectivity index (χ3n) is 5.15. The Morgan fingerprint density at radius 1 is 1.36 bits per heavy atom. The molecule has 1 unspecified atom stereocenters. The largest absolute Gasteiger partial charge is 0.373 e. The summed E-state index contributed by atoms with van der Waals surface area (Å²) in [4.78, 5) is 32.4. The molecule has 1 amide bonds. The predicted molar refractivity (Wildman–Crippen MR) is 109 cm³/mol. The Balaban J connectivity index is 1.81. The molecule has 2 aromatic rings. The van der Waals surface area contributed by atoms with E-state index in [9.17, 15) is 14.7 Å². The Morgan fingerprint density at radius 3 is 2.79 bits per heavy atom. The van der Waals surface area contributed by atoms with Crippen molar-refractivity contribution in [1.82, 2.24) is 15.3 Å². The molecule has 0 bridgehead atoms. The van der Waals surface area contributed by atoms with Crippen LogP contribution in [0.4, 0.5) is 11.5 Å². The maximum Gasteiger partial charge on any atom is 0.346 e. The van der Waals surface area contributed by atoms with E-state index in [0.717, 1.165) is 25.7 Å². The smallest absolute Gasteiger partial charge is 0.346 e. The van der Waals surface area contributed by atoms with E-state index in [1.807, 2.05) is 11.8 Å². The van der Waals surface area contributed by atoms with Gasteiger partial charge in [0, 0.05) is 24.3 Å². The van der Waals surface area contributed by atoms with E-state index in [1.165, 1.54) is 12.6 Å². The molecule has 1 aromatic carbocycles. The number of hydrogen-bond donors (Lipinski definition) is 3. The molecule has 8 heteroatoms. The second-order valence-corrected chi connectivity index (χ2v) is 7.39. The quantitative estimate of drug-likeness (QED) is 0.642. The Labute approximate surface area is 168 Å². The van der Waals surface area contributed by atoms with Gasteiger partial charge in [-0.2, -0.15) is 0 Å². The molecule has 0 spiro atoms. The number of amides is 1. The van der Waals surface area contributed by atoms with Crippen LogP contribution >= 0.6 is 11.6 Å². The summed E-state index contributed by atoms with van der Waals surface area (Å²) in [7, 11) is 0. The fourth-order valence-corrected chi connectivity index (χ4v) is 3.85. The minimum Gasteiger partial charge on any atom is -0.373 e. The Hall–Kier alpha value is -2.38. The molecular weight excluding hydrogens is 380 g/mol. The zero-order valence-electron chi connectivity index (χ0n) is 15.8. The van der Waals surface area contributed by atoms with Crippen molar-refractivity contribution in [2.24, 2.45) is 5.92 Å². The summed E-state index contributed by atoms with van der Waals surface area (Å²) in [6, 6.07) is 6.76. The van der Waals surface area contributed by atoms with Gasteiger partial charge in [0.15, 0.2) is 0 Å². The van der Waals surface area contributed by atoms with E-state index in [-0.39, 0.29) is 11.5 Å². The molecule has 0 aliphatic heterocycles. The highest BCUT2D eigenvalue weighted by molar-refractivity contribution is 6.34. The minimum atomic E-state index is -0.883. The van der Waals surface area contributed by atoms with E-state index in [4.69, 9.17) is 11.6 Å². The van der Waals surface area contributed by atoms with Gasteiger partial charge in [0.1, 0.15) is 12.0 Å². The molecule has 150 valence electrons. The minimum absolute atomic E-state index is 0.0775. The number of nitrogens with one attached hydrogen (secondary N) is 2. The van der Waals surface area contributed by atoms with Crippen LogP contribution in [-0.2, 0) is 0 Å². The summed E-state index contributed by atoms with van der Waals surface area (Å²) >= 11 is 6.25. The molecule has 1 heterocycles. The van der Waals surface area contributed by atoms with Gasteiger partial charge in [-0.3, -0.25) is 9.78 Å². The van der Waals surface area contributed by atoms with Crippen LogP contribution < -0.4 is 15.9 Å². The zero-order chi connectivity index (χ0) is 20.1. The first-order valence-electron chi connectivity index (χ1n) is 9.61. The first-order valence-corrected chi connectivity index (χ1v) is 9.98. The zero-order valence-corrected chi connectivity index (χ0v) is 16.6. The van der Waals surface area contributed by atoms with Crippen LogP contribution in [0.1, 0.15) is 49.4 Å². The van der Waals surface area contributed by atoms with Gasteiger partial charge in [-0.15, -0.1) is 0 Å². The van der Waals surface area contributed by atoms with Gasteiger partial charge in [0.05, 0.1) is 10.6 Å². The molecule has 1 aliphatic carbocycles. The normalized spacial score (nSPS) is 15.8. The topological polar surface area (TPSA) is 98.3 Å². The van der Waals surface area contributed by atoms with Gasteiger partial charge in [-0.1, -0.05) is 30.9 Å². The number of aromatic amines is 1. The summed E-state index contributed by atoms with van der Waals surface area (Å²) in [6.45, 7) is 2.49. The van der Waals surface area contributed by atoms with E-state index in [2.05, 4.69) is 15.3 Å². The van der Waals surface area contributed by atoms with Crippen molar-refractivity contribution in [2.75, 3.05) is 11.4 Å². The van der Waals surface area contributed by atoms with E-state index < -0.39 is 17.8 Å². The number of hydrogen-bond acceptors (Lipinski definition) is 5. The SMILES string of the molecule is CCN(c1ccc(Cl)c(C(=O)NC(O)C2CCCCC2)c1)c1ccnc(=O)[nH]1. The summed E-state index contributed by atoms with van der Waals surface area (Å²) in [5.41, 5.74) is 0.536. The summed E-state index contributed by atoms with van der Waals surface area (Å²) in [5.74, 6) is 0.233. The fourth-order valence-electron chi connectivity index (χ4n) is 3.64. The van der Waals surface area contributed by atoms with Crippen molar-refractivity contribution in [1.29, 1.82) is 0 Å². The molecule has 1 fully saturated rings. The Kier molecular flexibility index (Phi) is 6.70. The molecule has 1 saturated carbocycles. The first-order chi connectivity index (χ1) is 13.5. The van der Waals surface area contributed by atoms with Gasteiger partial charge in [0.2, 0.25) is 0 Å². The third kappa shape index (κ3) is 4.72. The van der Waals surface area contributed by atoms with Gasteiger partial charge in [-0.05, 0) is 44.0 Å². The van der Waals surface area contributed by atoms with Crippen molar-refractivity contribution >= 4 is 29.0 Å². The maximum absolute atomic E-state index is 12.7. The second-order valence-electron chi connectivity index (χ2n) is 6.99.